The molecule has 1 aliphatic heterocycles. The lowest BCUT2D eigenvalue weighted by molar-refractivity contribution is 0.0743. The van der Waals surface area contributed by atoms with E-state index in [9.17, 15) is 9.18 Å². The van der Waals surface area contributed by atoms with Crippen molar-refractivity contribution in [1.29, 1.82) is 0 Å². The maximum atomic E-state index is 13.6. The molecule has 1 atom stereocenters. The molecule has 3 nitrogen and oxygen atoms in total. The van der Waals surface area contributed by atoms with Gasteiger partial charge in [0.1, 0.15) is 5.82 Å². The van der Waals surface area contributed by atoms with E-state index in [0.29, 0.717) is 5.69 Å². The maximum Gasteiger partial charge on any atom is 0.256 e. The van der Waals surface area contributed by atoms with Crippen molar-refractivity contribution < 1.29 is 9.18 Å². The van der Waals surface area contributed by atoms with Crippen LogP contribution in [0.4, 0.5) is 10.1 Å². The lowest BCUT2D eigenvalue weighted by Gasteiger charge is -2.24. The van der Waals surface area contributed by atoms with Crippen LogP contribution in [0.2, 0.25) is 0 Å². The maximum absolute atomic E-state index is 13.6. The Morgan fingerprint density at radius 1 is 1.59 bits per heavy atom. The molecule has 1 aliphatic rings. The smallest absolute Gasteiger partial charge is 0.256 e. The van der Waals surface area contributed by atoms with Crippen molar-refractivity contribution in [2.75, 3.05) is 24.3 Å². The second-order valence-corrected chi connectivity index (χ2v) is 5.32. The minimum atomic E-state index is -0.549. The molecule has 2 rings (SSSR count). The van der Waals surface area contributed by atoms with Crippen molar-refractivity contribution >= 4 is 23.4 Å². The summed E-state index contributed by atoms with van der Waals surface area (Å²) in [6.07, 6.45) is 0.976. The van der Waals surface area contributed by atoms with Crippen LogP contribution in [0.5, 0.6) is 0 Å². The summed E-state index contributed by atoms with van der Waals surface area (Å²) in [7, 11) is 1.73. The number of halogens is 1. The molecule has 1 fully saturated rings. The fourth-order valence-corrected chi connectivity index (χ4v) is 3.16. The van der Waals surface area contributed by atoms with Crippen LogP contribution in [0.1, 0.15) is 16.8 Å². The molecule has 0 aliphatic carbocycles. The summed E-state index contributed by atoms with van der Waals surface area (Å²) in [6, 6.07) is 4.40. The van der Waals surface area contributed by atoms with Gasteiger partial charge in [-0.3, -0.25) is 4.79 Å². The average Bonchev–Trinajstić information content (AvgIpc) is 2.80. The molecule has 1 aromatic carbocycles. The Balaban J connectivity index is 2.18. The summed E-state index contributed by atoms with van der Waals surface area (Å²) in [5, 5.41) is 0. The van der Waals surface area contributed by atoms with Crippen LogP contribution in [-0.2, 0) is 0 Å². The largest absolute Gasteiger partial charge is 0.399 e. The highest BCUT2D eigenvalue weighted by Gasteiger charge is 2.26. The van der Waals surface area contributed by atoms with Gasteiger partial charge in [-0.05, 0) is 30.4 Å². The fourth-order valence-electron chi connectivity index (χ4n) is 1.89. The molecule has 0 radical (unpaired) electrons. The first-order valence-corrected chi connectivity index (χ1v) is 6.65. The van der Waals surface area contributed by atoms with Crippen molar-refractivity contribution in [2.45, 2.75) is 12.5 Å². The number of nitrogen functional groups attached to an aromatic ring is 1. The van der Waals surface area contributed by atoms with Gasteiger partial charge in [-0.1, -0.05) is 0 Å². The van der Waals surface area contributed by atoms with Crippen LogP contribution >= 0.6 is 11.8 Å². The normalized spacial score (nSPS) is 19.3. The van der Waals surface area contributed by atoms with Crippen LogP contribution in [-0.4, -0.2) is 35.4 Å². The number of carbonyl (C=O) groups excluding carboxylic acids is 1. The Labute approximate surface area is 104 Å². The zero-order chi connectivity index (χ0) is 12.4. The summed E-state index contributed by atoms with van der Waals surface area (Å²) in [5.74, 6) is 1.17. The summed E-state index contributed by atoms with van der Waals surface area (Å²) in [4.78, 5) is 13.7. The summed E-state index contributed by atoms with van der Waals surface area (Å²) >= 11 is 1.82. The molecule has 0 saturated carbocycles. The predicted octanol–water partition coefficient (Wildman–Crippen LogP) is 1.99. The zero-order valence-electron chi connectivity index (χ0n) is 9.65. The SMILES string of the molecule is CN(C(=O)c1ccc(N)cc1F)C1CCSC1. The minimum Gasteiger partial charge on any atom is -0.399 e. The molecule has 1 amide bonds. The second kappa shape index (κ2) is 4.96. The van der Waals surface area contributed by atoms with E-state index in [0.717, 1.165) is 17.9 Å². The number of hydrogen-bond acceptors (Lipinski definition) is 3. The molecule has 1 aromatic rings. The van der Waals surface area contributed by atoms with Gasteiger partial charge in [-0.25, -0.2) is 4.39 Å². The van der Waals surface area contributed by atoms with Gasteiger partial charge in [-0.2, -0.15) is 11.8 Å². The standard InChI is InChI=1S/C12H15FN2OS/c1-15(9-4-5-17-7-9)12(16)10-3-2-8(14)6-11(10)13/h2-3,6,9H,4-5,7,14H2,1H3. The molecular weight excluding hydrogens is 239 g/mol. The van der Waals surface area contributed by atoms with Gasteiger partial charge in [0, 0.05) is 24.5 Å². The Kier molecular flexibility index (Phi) is 3.57. The molecule has 92 valence electrons. The summed E-state index contributed by atoms with van der Waals surface area (Å²) in [6.45, 7) is 0. The Morgan fingerprint density at radius 2 is 2.35 bits per heavy atom. The molecule has 0 spiro atoms. The van der Waals surface area contributed by atoms with Gasteiger partial charge in [0.15, 0.2) is 0 Å². The van der Waals surface area contributed by atoms with E-state index in [2.05, 4.69) is 0 Å². The van der Waals surface area contributed by atoms with Gasteiger partial charge in [0.05, 0.1) is 5.56 Å². The zero-order valence-corrected chi connectivity index (χ0v) is 10.5. The number of carbonyl (C=O) groups is 1. The molecule has 1 saturated heterocycles. The molecule has 17 heavy (non-hydrogen) atoms. The quantitative estimate of drug-likeness (QED) is 0.821. The summed E-state index contributed by atoms with van der Waals surface area (Å²) < 4.78 is 13.6. The van der Waals surface area contributed by atoms with Crippen molar-refractivity contribution in [3.8, 4) is 0 Å². The number of rotatable bonds is 2. The van der Waals surface area contributed by atoms with Gasteiger partial charge >= 0.3 is 0 Å². The van der Waals surface area contributed by atoms with E-state index in [1.807, 2.05) is 11.8 Å². The number of nitrogens with zero attached hydrogens (tertiary/aromatic N) is 1. The fraction of sp³-hybridized carbons (Fsp3) is 0.417. The Morgan fingerprint density at radius 3 is 2.94 bits per heavy atom. The van der Waals surface area contributed by atoms with Crippen molar-refractivity contribution in [1.82, 2.24) is 4.90 Å². The number of anilines is 1. The highest BCUT2D eigenvalue weighted by Crippen LogP contribution is 2.23. The lowest BCUT2D eigenvalue weighted by atomic mass is 10.1. The first-order valence-electron chi connectivity index (χ1n) is 5.49. The van der Waals surface area contributed by atoms with E-state index in [-0.39, 0.29) is 17.5 Å². The van der Waals surface area contributed by atoms with E-state index in [4.69, 9.17) is 5.73 Å². The number of nitrogens with two attached hydrogens (primary N) is 1. The van der Waals surface area contributed by atoms with Gasteiger partial charge in [0.2, 0.25) is 0 Å². The van der Waals surface area contributed by atoms with E-state index in [1.165, 1.54) is 12.1 Å². The Bertz CT molecular complexity index is 433. The molecule has 0 bridgehead atoms. The van der Waals surface area contributed by atoms with Crippen LogP contribution < -0.4 is 5.73 Å². The van der Waals surface area contributed by atoms with Crippen LogP contribution in [0.3, 0.4) is 0 Å². The first-order chi connectivity index (χ1) is 8.09. The number of hydrogen-bond donors (Lipinski definition) is 1. The van der Waals surface area contributed by atoms with Crippen LogP contribution in [0.25, 0.3) is 0 Å². The van der Waals surface area contributed by atoms with Crippen LogP contribution in [0, 0.1) is 5.82 Å². The van der Waals surface area contributed by atoms with Crippen LogP contribution in [0.15, 0.2) is 18.2 Å². The first kappa shape index (κ1) is 12.2. The number of thioether (sulfide) groups is 1. The van der Waals surface area contributed by atoms with E-state index in [1.54, 1.807) is 18.0 Å². The molecule has 5 heteroatoms. The summed E-state index contributed by atoms with van der Waals surface area (Å²) in [5.41, 5.74) is 5.89. The van der Waals surface area contributed by atoms with Gasteiger partial charge < -0.3 is 10.6 Å². The third-order valence-corrected chi connectivity index (χ3v) is 4.14. The number of amides is 1. The number of benzene rings is 1. The average molecular weight is 254 g/mol. The monoisotopic (exact) mass is 254 g/mol. The second-order valence-electron chi connectivity index (χ2n) is 4.17. The molecule has 1 unspecified atom stereocenters. The van der Waals surface area contributed by atoms with Gasteiger partial charge in [-0.15, -0.1) is 0 Å². The minimum absolute atomic E-state index is 0.0959. The lowest BCUT2D eigenvalue weighted by Crippen LogP contribution is -2.37. The van der Waals surface area contributed by atoms with Crippen molar-refractivity contribution in [3.05, 3.63) is 29.6 Å². The van der Waals surface area contributed by atoms with E-state index < -0.39 is 5.82 Å². The van der Waals surface area contributed by atoms with E-state index >= 15 is 0 Å². The predicted molar refractivity (Wildman–Crippen MR) is 68.6 cm³/mol. The topological polar surface area (TPSA) is 46.3 Å². The molecule has 1 heterocycles. The highest BCUT2D eigenvalue weighted by molar-refractivity contribution is 7.99. The molecule has 0 aromatic heterocycles. The molecule has 2 N–H and O–H groups in total. The van der Waals surface area contributed by atoms with Crippen molar-refractivity contribution in [3.63, 3.8) is 0 Å². The third kappa shape index (κ3) is 2.54. The van der Waals surface area contributed by atoms with Gasteiger partial charge in [0.25, 0.3) is 5.91 Å². The van der Waals surface area contributed by atoms with Crippen molar-refractivity contribution in [2.24, 2.45) is 0 Å². The Hall–Kier alpha value is -1.23. The molecular formula is C12H15FN2OS. The third-order valence-electron chi connectivity index (χ3n) is 3.00. The highest BCUT2D eigenvalue weighted by atomic mass is 32.2.